The minimum Gasteiger partial charge on any atom is -0.368 e. The van der Waals surface area contributed by atoms with Gasteiger partial charge in [0, 0.05) is 31.4 Å². The molecule has 11 nitrogen and oxygen atoms in total. The van der Waals surface area contributed by atoms with Crippen LogP contribution >= 0.6 is 12.4 Å². The Hall–Kier alpha value is -2.66. The number of fused-ring (bicyclic) bond motifs is 1. The van der Waals surface area contributed by atoms with Crippen LogP contribution in [-0.4, -0.2) is 69.5 Å². The number of primary amides is 1. The maximum absolute atomic E-state index is 13.3. The highest BCUT2D eigenvalue weighted by molar-refractivity contribution is 5.94. The van der Waals surface area contributed by atoms with Crippen LogP contribution in [0.15, 0.2) is 18.5 Å². The second-order valence-electron chi connectivity index (χ2n) is 9.70. The number of hydrogen-bond acceptors (Lipinski definition) is 6. The molecule has 0 radical (unpaired) electrons. The topological polar surface area (TPSA) is 165 Å². The molecule has 3 heterocycles. The lowest BCUT2D eigenvalue weighted by atomic mass is 9.96. The summed E-state index contributed by atoms with van der Waals surface area (Å²) >= 11 is 0. The van der Waals surface area contributed by atoms with Crippen molar-refractivity contribution in [3.63, 3.8) is 0 Å². The van der Waals surface area contributed by atoms with Crippen molar-refractivity contribution in [2.45, 2.75) is 51.4 Å². The number of amides is 4. The summed E-state index contributed by atoms with van der Waals surface area (Å²) < 4.78 is 1.58. The molecule has 2 aliphatic heterocycles. The van der Waals surface area contributed by atoms with Crippen molar-refractivity contribution in [1.82, 2.24) is 25.3 Å². The van der Waals surface area contributed by atoms with E-state index in [9.17, 15) is 19.2 Å². The van der Waals surface area contributed by atoms with Gasteiger partial charge in [0.05, 0.1) is 6.54 Å². The van der Waals surface area contributed by atoms with Gasteiger partial charge < -0.3 is 27.0 Å². The summed E-state index contributed by atoms with van der Waals surface area (Å²) in [5.41, 5.74) is 11.6. The normalized spacial score (nSPS) is 28.8. The highest BCUT2D eigenvalue weighted by Gasteiger charge is 2.69. The van der Waals surface area contributed by atoms with Gasteiger partial charge in [-0.1, -0.05) is 13.8 Å². The van der Waals surface area contributed by atoms with Gasteiger partial charge in [0.15, 0.2) is 0 Å². The number of halogens is 1. The average molecular weight is 482 g/mol. The summed E-state index contributed by atoms with van der Waals surface area (Å²) in [5.74, 6) is -1.80. The Bertz CT molecular complexity index is 922. The number of likely N-dealkylation sites (tertiary alicyclic amines) is 1. The number of hydrogen-bond donors (Lipinski definition) is 4. The van der Waals surface area contributed by atoms with E-state index in [0.29, 0.717) is 19.5 Å². The van der Waals surface area contributed by atoms with Crippen LogP contribution in [0, 0.1) is 23.2 Å². The fourth-order valence-corrected chi connectivity index (χ4v) is 5.37. The van der Waals surface area contributed by atoms with Gasteiger partial charge >= 0.3 is 0 Å². The summed E-state index contributed by atoms with van der Waals surface area (Å²) in [6.07, 6.45) is 4.06. The van der Waals surface area contributed by atoms with Gasteiger partial charge in [0.2, 0.25) is 23.6 Å². The number of aromatic nitrogens is 2. The number of carbonyl (C=O) groups excluding carboxylic acids is 4. The van der Waals surface area contributed by atoms with Crippen LogP contribution in [0.2, 0.25) is 0 Å². The summed E-state index contributed by atoms with van der Waals surface area (Å²) in [7, 11) is 0. The van der Waals surface area contributed by atoms with Crippen molar-refractivity contribution >= 4 is 36.0 Å². The smallest absolute Gasteiger partial charge is 0.243 e. The van der Waals surface area contributed by atoms with Crippen molar-refractivity contribution in [2.75, 3.05) is 13.1 Å². The number of nitrogens with one attached hydrogen (secondary N) is 2. The van der Waals surface area contributed by atoms with Crippen LogP contribution < -0.4 is 22.1 Å². The average Bonchev–Trinajstić information content (AvgIpc) is 3.28. The molecule has 12 heteroatoms. The Morgan fingerprint density at radius 2 is 2.09 bits per heavy atom. The largest absolute Gasteiger partial charge is 0.368 e. The van der Waals surface area contributed by atoms with Gasteiger partial charge in [-0.25, -0.2) is 0 Å². The molecule has 3 fully saturated rings. The quantitative estimate of drug-likeness (QED) is 0.357. The Balaban J connectivity index is 0.00000306. The molecule has 2 saturated heterocycles. The molecule has 1 aromatic heterocycles. The fraction of sp³-hybridized carbons (Fsp3) is 0.667. The zero-order chi connectivity index (χ0) is 23.2. The second kappa shape index (κ2) is 9.30. The number of piperidine rings is 1. The summed E-state index contributed by atoms with van der Waals surface area (Å²) in [5, 5.41) is 9.53. The third kappa shape index (κ3) is 4.70. The van der Waals surface area contributed by atoms with Crippen molar-refractivity contribution in [1.29, 1.82) is 0 Å². The van der Waals surface area contributed by atoms with Crippen molar-refractivity contribution in [2.24, 2.45) is 34.6 Å². The molecule has 6 atom stereocenters. The molecule has 4 amide bonds. The lowest BCUT2D eigenvalue weighted by molar-refractivity contribution is -0.142. The second-order valence-corrected chi connectivity index (χ2v) is 9.70. The Kier molecular flexibility index (Phi) is 7.04. The highest BCUT2D eigenvalue weighted by atomic mass is 35.5. The van der Waals surface area contributed by atoms with E-state index in [0.717, 1.165) is 0 Å². The third-order valence-electron chi connectivity index (χ3n) is 7.36. The molecular formula is C21H32ClN7O4. The first-order valence-corrected chi connectivity index (χ1v) is 11.0. The minimum atomic E-state index is -0.980. The molecule has 182 valence electrons. The predicted molar refractivity (Wildman–Crippen MR) is 121 cm³/mol. The van der Waals surface area contributed by atoms with Crippen LogP contribution in [0.5, 0.6) is 0 Å². The van der Waals surface area contributed by atoms with E-state index in [4.69, 9.17) is 11.5 Å². The van der Waals surface area contributed by atoms with Gasteiger partial charge in [0.1, 0.15) is 18.1 Å². The zero-order valence-corrected chi connectivity index (χ0v) is 19.6. The van der Waals surface area contributed by atoms with E-state index in [1.165, 1.54) is 4.90 Å². The first-order chi connectivity index (χ1) is 15.1. The monoisotopic (exact) mass is 481 g/mol. The molecule has 0 unspecified atom stereocenters. The van der Waals surface area contributed by atoms with Crippen LogP contribution in [0.1, 0.15) is 26.7 Å². The van der Waals surface area contributed by atoms with Gasteiger partial charge in [0.25, 0.3) is 0 Å². The lowest BCUT2D eigenvalue weighted by Crippen LogP contribution is -2.57. The van der Waals surface area contributed by atoms with Crippen molar-refractivity contribution in [3.05, 3.63) is 18.5 Å². The third-order valence-corrected chi connectivity index (χ3v) is 7.36. The lowest BCUT2D eigenvalue weighted by Gasteiger charge is -2.32. The first-order valence-electron chi connectivity index (χ1n) is 11.0. The van der Waals surface area contributed by atoms with E-state index in [1.54, 1.807) is 23.1 Å². The molecule has 0 bridgehead atoms. The molecule has 6 N–H and O–H groups in total. The van der Waals surface area contributed by atoms with E-state index in [2.05, 4.69) is 29.6 Å². The summed E-state index contributed by atoms with van der Waals surface area (Å²) in [4.78, 5) is 51.9. The van der Waals surface area contributed by atoms with E-state index >= 15 is 0 Å². The van der Waals surface area contributed by atoms with Crippen LogP contribution in [0.25, 0.3) is 0 Å². The maximum atomic E-state index is 13.3. The molecule has 3 aliphatic rings. The fourth-order valence-electron chi connectivity index (χ4n) is 5.37. The number of carbonyl (C=O) groups is 4. The zero-order valence-electron chi connectivity index (χ0n) is 18.8. The van der Waals surface area contributed by atoms with Gasteiger partial charge in [-0.3, -0.25) is 23.9 Å². The highest BCUT2D eigenvalue weighted by Crippen LogP contribution is 2.64. The Morgan fingerprint density at radius 3 is 2.67 bits per heavy atom. The molecule has 0 spiro atoms. The predicted octanol–water partition coefficient (Wildman–Crippen LogP) is -1.39. The standard InChI is InChI=1S/C21H31N7O4.ClH/c1-21(2)12-9-28(20(32)13(22)10-27-7-3-5-25-27)16(15(12)21)19(31)26-14(17(23)29)8-11-4-6-24-18(11)30;/h3,5,7,11-16H,4,6,8-10,22H2,1-2H3,(H2,23,29)(H,24,30)(H,26,31);1H/t11-,12-,13-,14-,15-,16-;/m0./s1. The Labute approximate surface area is 198 Å². The molecule has 4 rings (SSSR count). The van der Waals surface area contributed by atoms with E-state index in [1.807, 2.05) is 0 Å². The molecule has 33 heavy (non-hydrogen) atoms. The summed E-state index contributed by atoms with van der Waals surface area (Å²) in [6.45, 7) is 5.33. The first kappa shape index (κ1) is 25.0. The number of rotatable bonds is 8. The van der Waals surface area contributed by atoms with Gasteiger partial charge in [-0.2, -0.15) is 5.10 Å². The molecular weight excluding hydrogens is 450 g/mol. The van der Waals surface area contributed by atoms with Crippen LogP contribution in [0.3, 0.4) is 0 Å². The number of nitrogens with zero attached hydrogens (tertiary/aromatic N) is 3. The van der Waals surface area contributed by atoms with Gasteiger partial charge in [-0.15, -0.1) is 12.4 Å². The SMILES string of the molecule is CC1(C)[C@@H]2[C@@H](C(=O)N[C@@H](C[C@@H]3CCNC3=O)C(N)=O)N(C(=O)[C@@H](N)Cn3cccn3)C[C@@H]21.Cl. The number of nitrogens with two attached hydrogens (primary N) is 2. The maximum Gasteiger partial charge on any atom is 0.243 e. The van der Waals surface area contributed by atoms with Crippen molar-refractivity contribution < 1.29 is 19.2 Å². The molecule has 1 aliphatic carbocycles. The van der Waals surface area contributed by atoms with E-state index in [-0.39, 0.29) is 60.4 Å². The summed E-state index contributed by atoms with van der Waals surface area (Å²) in [6, 6.07) is -0.812. The molecule has 1 saturated carbocycles. The van der Waals surface area contributed by atoms with Crippen LogP contribution in [-0.2, 0) is 25.7 Å². The van der Waals surface area contributed by atoms with Crippen molar-refractivity contribution in [3.8, 4) is 0 Å². The molecule has 0 aromatic carbocycles. The van der Waals surface area contributed by atoms with Crippen LogP contribution in [0.4, 0.5) is 0 Å². The minimum absolute atomic E-state index is 0. The Morgan fingerprint density at radius 1 is 1.36 bits per heavy atom. The molecule has 1 aromatic rings. The van der Waals surface area contributed by atoms with Gasteiger partial charge in [-0.05, 0) is 36.2 Å². The van der Waals surface area contributed by atoms with E-state index < -0.39 is 29.9 Å².